The quantitative estimate of drug-likeness (QED) is 0.826. The van der Waals surface area contributed by atoms with Crippen molar-refractivity contribution >= 4 is 23.5 Å². The standard InChI is InChI=1S/C15H18N2O4/c18-13(10-17-9-3-6-14(17)19)16-12-5-2-1-4-11(12)7-8-15(20)21/h1-2,4-5H,3,6-10H2,(H,16,18)(H,20,21). The summed E-state index contributed by atoms with van der Waals surface area (Å²) in [5, 5.41) is 11.5. The summed E-state index contributed by atoms with van der Waals surface area (Å²) < 4.78 is 0. The Morgan fingerprint density at radius 1 is 1.29 bits per heavy atom. The molecule has 0 spiro atoms. The van der Waals surface area contributed by atoms with Crippen molar-refractivity contribution in [2.75, 3.05) is 18.4 Å². The number of nitrogens with zero attached hydrogens (tertiary/aromatic N) is 1. The minimum atomic E-state index is -0.876. The Labute approximate surface area is 122 Å². The number of aryl methyl sites for hydroxylation is 1. The van der Waals surface area contributed by atoms with E-state index in [9.17, 15) is 14.4 Å². The van der Waals surface area contributed by atoms with Gasteiger partial charge in [0.1, 0.15) is 0 Å². The van der Waals surface area contributed by atoms with Crippen molar-refractivity contribution in [1.29, 1.82) is 0 Å². The van der Waals surface area contributed by atoms with Gasteiger partial charge in [0.05, 0.1) is 6.54 Å². The predicted molar refractivity (Wildman–Crippen MR) is 76.8 cm³/mol. The van der Waals surface area contributed by atoms with Crippen LogP contribution in [0.4, 0.5) is 5.69 Å². The number of likely N-dealkylation sites (tertiary alicyclic amines) is 1. The monoisotopic (exact) mass is 290 g/mol. The molecule has 2 N–H and O–H groups in total. The minimum Gasteiger partial charge on any atom is -0.481 e. The van der Waals surface area contributed by atoms with Gasteiger partial charge in [0, 0.05) is 25.1 Å². The van der Waals surface area contributed by atoms with Crippen LogP contribution in [0.2, 0.25) is 0 Å². The van der Waals surface area contributed by atoms with Crippen molar-refractivity contribution in [3.8, 4) is 0 Å². The molecule has 6 nitrogen and oxygen atoms in total. The average molecular weight is 290 g/mol. The van der Waals surface area contributed by atoms with Gasteiger partial charge in [-0.2, -0.15) is 0 Å². The third kappa shape index (κ3) is 4.30. The second-order valence-electron chi connectivity index (χ2n) is 5.02. The number of carbonyl (C=O) groups excluding carboxylic acids is 2. The predicted octanol–water partition coefficient (Wildman–Crippen LogP) is 1.26. The van der Waals surface area contributed by atoms with Gasteiger partial charge in [-0.3, -0.25) is 14.4 Å². The first-order valence-electron chi connectivity index (χ1n) is 6.93. The highest BCUT2D eigenvalue weighted by atomic mass is 16.4. The molecule has 112 valence electrons. The SMILES string of the molecule is O=C(O)CCc1ccccc1NC(=O)CN1CCCC1=O. The summed E-state index contributed by atoms with van der Waals surface area (Å²) in [7, 11) is 0. The van der Waals surface area contributed by atoms with Crippen LogP contribution in [0.25, 0.3) is 0 Å². The van der Waals surface area contributed by atoms with E-state index in [4.69, 9.17) is 5.11 Å². The number of anilines is 1. The van der Waals surface area contributed by atoms with Crippen molar-refractivity contribution in [1.82, 2.24) is 4.90 Å². The number of rotatable bonds is 6. The molecule has 2 amide bonds. The van der Waals surface area contributed by atoms with Crippen LogP contribution in [0.15, 0.2) is 24.3 Å². The molecular formula is C15H18N2O4. The zero-order valence-corrected chi connectivity index (χ0v) is 11.7. The van der Waals surface area contributed by atoms with Crippen LogP contribution in [0.5, 0.6) is 0 Å². The Bertz CT molecular complexity index is 556. The lowest BCUT2D eigenvalue weighted by atomic mass is 10.1. The Kier molecular flexibility index (Phi) is 4.92. The number of carboxylic acid groups (broad SMARTS) is 1. The molecule has 0 bridgehead atoms. The normalized spacial score (nSPS) is 14.3. The molecule has 0 aliphatic carbocycles. The number of aliphatic carboxylic acids is 1. The number of carbonyl (C=O) groups is 3. The smallest absolute Gasteiger partial charge is 0.303 e. The number of para-hydroxylation sites is 1. The van der Waals surface area contributed by atoms with Crippen molar-refractivity contribution in [2.45, 2.75) is 25.7 Å². The maximum absolute atomic E-state index is 12.0. The van der Waals surface area contributed by atoms with E-state index in [0.717, 1.165) is 12.0 Å². The fourth-order valence-corrected chi connectivity index (χ4v) is 2.34. The molecule has 1 aliphatic heterocycles. The van der Waals surface area contributed by atoms with Gasteiger partial charge >= 0.3 is 5.97 Å². The van der Waals surface area contributed by atoms with Gasteiger partial charge in [0.25, 0.3) is 0 Å². The highest BCUT2D eigenvalue weighted by molar-refractivity contribution is 5.95. The second kappa shape index (κ2) is 6.88. The fraction of sp³-hybridized carbons (Fsp3) is 0.400. The molecule has 1 aromatic rings. The van der Waals surface area contributed by atoms with E-state index in [1.165, 1.54) is 4.90 Å². The van der Waals surface area contributed by atoms with Crippen LogP contribution in [0, 0.1) is 0 Å². The van der Waals surface area contributed by atoms with Crippen LogP contribution in [-0.2, 0) is 20.8 Å². The summed E-state index contributed by atoms with van der Waals surface area (Å²) in [6, 6.07) is 7.11. The van der Waals surface area contributed by atoms with E-state index in [1.807, 2.05) is 0 Å². The maximum Gasteiger partial charge on any atom is 0.303 e. The van der Waals surface area contributed by atoms with Crippen LogP contribution < -0.4 is 5.32 Å². The second-order valence-corrected chi connectivity index (χ2v) is 5.02. The molecule has 2 rings (SSSR count). The summed E-state index contributed by atoms with van der Waals surface area (Å²) in [6.45, 7) is 0.666. The highest BCUT2D eigenvalue weighted by Crippen LogP contribution is 2.17. The lowest BCUT2D eigenvalue weighted by molar-refractivity contribution is -0.137. The Morgan fingerprint density at radius 2 is 2.05 bits per heavy atom. The Morgan fingerprint density at radius 3 is 2.71 bits per heavy atom. The summed E-state index contributed by atoms with van der Waals surface area (Å²) in [5.74, 6) is -1.13. The lowest BCUT2D eigenvalue weighted by Gasteiger charge is -2.16. The van der Waals surface area contributed by atoms with Gasteiger partial charge in [-0.1, -0.05) is 18.2 Å². The molecule has 1 fully saturated rings. The summed E-state index contributed by atoms with van der Waals surface area (Å²) in [5.41, 5.74) is 1.39. The van der Waals surface area contributed by atoms with Gasteiger partial charge in [0.2, 0.25) is 11.8 Å². The largest absolute Gasteiger partial charge is 0.481 e. The molecule has 1 aromatic carbocycles. The lowest BCUT2D eigenvalue weighted by Crippen LogP contribution is -2.34. The summed E-state index contributed by atoms with van der Waals surface area (Å²) in [6.07, 6.45) is 1.66. The fourth-order valence-electron chi connectivity index (χ4n) is 2.34. The molecule has 6 heteroatoms. The molecule has 21 heavy (non-hydrogen) atoms. The number of nitrogens with one attached hydrogen (secondary N) is 1. The molecule has 0 unspecified atom stereocenters. The van der Waals surface area contributed by atoms with Crippen LogP contribution in [0.1, 0.15) is 24.8 Å². The number of hydrogen-bond acceptors (Lipinski definition) is 3. The first-order valence-corrected chi connectivity index (χ1v) is 6.93. The van der Waals surface area contributed by atoms with Gasteiger partial charge < -0.3 is 15.3 Å². The van der Waals surface area contributed by atoms with Crippen molar-refractivity contribution < 1.29 is 19.5 Å². The summed E-state index contributed by atoms with van der Waals surface area (Å²) >= 11 is 0. The molecule has 0 radical (unpaired) electrons. The summed E-state index contributed by atoms with van der Waals surface area (Å²) in [4.78, 5) is 35.6. The Balaban J connectivity index is 1.96. The molecule has 1 aliphatic rings. The third-order valence-corrected chi connectivity index (χ3v) is 3.41. The van der Waals surface area contributed by atoms with Crippen molar-refractivity contribution in [2.24, 2.45) is 0 Å². The maximum atomic E-state index is 12.0. The van der Waals surface area contributed by atoms with E-state index in [2.05, 4.69) is 5.32 Å². The average Bonchev–Trinajstić information content (AvgIpc) is 2.83. The molecular weight excluding hydrogens is 272 g/mol. The van der Waals surface area contributed by atoms with Gasteiger partial charge in [0.15, 0.2) is 0 Å². The molecule has 0 atom stereocenters. The molecule has 0 saturated carbocycles. The number of hydrogen-bond donors (Lipinski definition) is 2. The van der Waals surface area contributed by atoms with Crippen molar-refractivity contribution in [3.05, 3.63) is 29.8 Å². The molecule has 0 aromatic heterocycles. The van der Waals surface area contributed by atoms with Crippen LogP contribution >= 0.6 is 0 Å². The zero-order valence-electron chi connectivity index (χ0n) is 11.7. The number of carboxylic acids is 1. The molecule has 1 saturated heterocycles. The van der Waals surface area contributed by atoms with Gasteiger partial charge in [-0.15, -0.1) is 0 Å². The van der Waals surface area contributed by atoms with E-state index in [1.54, 1.807) is 24.3 Å². The van der Waals surface area contributed by atoms with Gasteiger partial charge in [-0.05, 0) is 24.5 Å². The van der Waals surface area contributed by atoms with E-state index in [-0.39, 0.29) is 24.8 Å². The first kappa shape index (κ1) is 15.0. The van der Waals surface area contributed by atoms with E-state index in [0.29, 0.717) is 25.1 Å². The van der Waals surface area contributed by atoms with Gasteiger partial charge in [-0.25, -0.2) is 0 Å². The highest BCUT2D eigenvalue weighted by Gasteiger charge is 2.22. The number of amides is 2. The molecule has 1 heterocycles. The van der Waals surface area contributed by atoms with Crippen LogP contribution in [0.3, 0.4) is 0 Å². The van der Waals surface area contributed by atoms with E-state index < -0.39 is 5.97 Å². The van der Waals surface area contributed by atoms with Crippen LogP contribution in [-0.4, -0.2) is 40.9 Å². The topological polar surface area (TPSA) is 86.7 Å². The van der Waals surface area contributed by atoms with E-state index >= 15 is 0 Å². The van der Waals surface area contributed by atoms with Crippen molar-refractivity contribution in [3.63, 3.8) is 0 Å². The third-order valence-electron chi connectivity index (χ3n) is 3.41. The Hall–Kier alpha value is -2.37. The minimum absolute atomic E-state index is 0.00399. The number of benzene rings is 1. The zero-order chi connectivity index (χ0) is 15.2. The first-order chi connectivity index (χ1) is 10.1.